The summed E-state index contributed by atoms with van der Waals surface area (Å²) in [6.07, 6.45) is 10.2. The molecule has 0 bridgehead atoms. The number of hydrogen-bond acceptors (Lipinski definition) is 5. The van der Waals surface area contributed by atoms with Crippen LogP contribution < -0.4 is 0 Å². The van der Waals surface area contributed by atoms with Crippen LogP contribution in [0.5, 0.6) is 0 Å². The van der Waals surface area contributed by atoms with Crippen LogP contribution in [0.2, 0.25) is 0 Å². The van der Waals surface area contributed by atoms with Crippen LogP contribution in [0.4, 0.5) is 0 Å². The van der Waals surface area contributed by atoms with Crippen molar-refractivity contribution in [2.45, 2.75) is 95.2 Å². The first kappa shape index (κ1) is 22.8. The predicted molar refractivity (Wildman–Crippen MR) is 99.8 cm³/mol. The maximum absolute atomic E-state index is 10.4. The molecule has 6 heteroatoms. The zero-order valence-corrected chi connectivity index (χ0v) is 15.7. The monoisotopic (exact) mass is 370 g/mol. The lowest BCUT2D eigenvalue weighted by Gasteiger charge is -2.16. The second kappa shape index (κ2) is 13.0. The molecular formula is C20H34O6. The van der Waals surface area contributed by atoms with Crippen LogP contribution in [-0.4, -0.2) is 56.9 Å². The predicted octanol–water partition coefficient (Wildman–Crippen LogP) is 2.56. The van der Waals surface area contributed by atoms with Crippen molar-refractivity contribution >= 4 is 5.97 Å². The average molecular weight is 370 g/mol. The fourth-order valence-corrected chi connectivity index (χ4v) is 2.98. The number of carboxylic acids is 1. The maximum atomic E-state index is 10.4. The summed E-state index contributed by atoms with van der Waals surface area (Å²) in [6, 6.07) is 0. The molecule has 0 amide bonds. The molecule has 5 atom stereocenters. The lowest BCUT2D eigenvalue weighted by Crippen LogP contribution is -2.24. The van der Waals surface area contributed by atoms with Gasteiger partial charge in [-0.05, 0) is 25.7 Å². The van der Waals surface area contributed by atoms with E-state index in [4.69, 9.17) is 9.84 Å². The van der Waals surface area contributed by atoms with Gasteiger partial charge in [-0.2, -0.15) is 0 Å². The van der Waals surface area contributed by atoms with Gasteiger partial charge in [0.15, 0.2) is 0 Å². The summed E-state index contributed by atoms with van der Waals surface area (Å²) in [6.45, 7) is 2.11. The highest BCUT2D eigenvalue weighted by molar-refractivity contribution is 5.66. The summed E-state index contributed by atoms with van der Waals surface area (Å²) in [5.74, 6) is -0.798. The second-order valence-electron chi connectivity index (χ2n) is 6.95. The number of hydrogen-bond donors (Lipinski definition) is 4. The van der Waals surface area contributed by atoms with Crippen LogP contribution in [-0.2, 0) is 9.53 Å². The SMILES string of the molecule is CCCCC[C@H](O)/C=C/[C@@H](O)[C@H]1C[C@H](O)[C@H](C/C=C\CCCC(=O)O)O1. The van der Waals surface area contributed by atoms with E-state index in [1.807, 2.05) is 12.2 Å². The van der Waals surface area contributed by atoms with Crippen LogP contribution >= 0.6 is 0 Å². The fraction of sp³-hybridized carbons (Fsp3) is 0.750. The van der Waals surface area contributed by atoms with E-state index >= 15 is 0 Å². The largest absolute Gasteiger partial charge is 0.481 e. The Balaban J connectivity index is 2.30. The molecule has 0 aromatic heterocycles. The number of allylic oxidation sites excluding steroid dienone is 1. The minimum absolute atomic E-state index is 0.151. The lowest BCUT2D eigenvalue weighted by molar-refractivity contribution is -0.137. The van der Waals surface area contributed by atoms with Crippen molar-refractivity contribution < 1.29 is 30.0 Å². The highest BCUT2D eigenvalue weighted by atomic mass is 16.5. The van der Waals surface area contributed by atoms with E-state index in [2.05, 4.69) is 6.92 Å². The second-order valence-corrected chi connectivity index (χ2v) is 6.95. The molecule has 4 N–H and O–H groups in total. The topological polar surface area (TPSA) is 107 Å². The zero-order valence-electron chi connectivity index (χ0n) is 15.7. The van der Waals surface area contributed by atoms with Gasteiger partial charge in [0.1, 0.15) is 0 Å². The third kappa shape index (κ3) is 9.48. The van der Waals surface area contributed by atoms with Gasteiger partial charge in [0, 0.05) is 12.8 Å². The third-order valence-electron chi connectivity index (χ3n) is 4.56. The first-order valence-electron chi connectivity index (χ1n) is 9.68. The Kier molecular flexibility index (Phi) is 11.4. The van der Waals surface area contributed by atoms with Gasteiger partial charge in [-0.25, -0.2) is 0 Å². The fourth-order valence-electron chi connectivity index (χ4n) is 2.98. The number of aliphatic hydroxyl groups excluding tert-OH is 3. The Morgan fingerprint density at radius 1 is 1.19 bits per heavy atom. The van der Waals surface area contributed by atoms with Gasteiger partial charge in [0.05, 0.1) is 30.5 Å². The molecule has 1 aliphatic rings. The van der Waals surface area contributed by atoms with Crippen LogP contribution in [0.1, 0.15) is 64.7 Å². The smallest absolute Gasteiger partial charge is 0.303 e. The van der Waals surface area contributed by atoms with Crippen molar-refractivity contribution in [1.29, 1.82) is 0 Å². The minimum Gasteiger partial charge on any atom is -0.481 e. The molecule has 1 heterocycles. The Morgan fingerprint density at radius 2 is 1.96 bits per heavy atom. The number of rotatable bonds is 13. The minimum atomic E-state index is -0.852. The molecule has 0 spiro atoms. The van der Waals surface area contributed by atoms with E-state index in [1.54, 1.807) is 12.2 Å². The van der Waals surface area contributed by atoms with Crippen molar-refractivity contribution in [2.75, 3.05) is 0 Å². The number of aliphatic carboxylic acids is 1. The molecule has 0 saturated carbocycles. The zero-order chi connectivity index (χ0) is 19.4. The molecule has 0 aromatic carbocycles. The Labute approximate surface area is 156 Å². The van der Waals surface area contributed by atoms with Gasteiger partial charge in [-0.15, -0.1) is 0 Å². The molecule has 0 unspecified atom stereocenters. The van der Waals surface area contributed by atoms with E-state index in [9.17, 15) is 20.1 Å². The molecule has 1 saturated heterocycles. The summed E-state index contributed by atoms with van der Waals surface area (Å²) in [5, 5.41) is 38.7. The van der Waals surface area contributed by atoms with Crippen molar-refractivity contribution in [3.8, 4) is 0 Å². The van der Waals surface area contributed by atoms with Crippen molar-refractivity contribution in [2.24, 2.45) is 0 Å². The molecule has 0 radical (unpaired) electrons. The van der Waals surface area contributed by atoms with E-state index in [0.29, 0.717) is 32.1 Å². The molecule has 1 aliphatic heterocycles. The molecular weight excluding hydrogens is 336 g/mol. The van der Waals surface area contributed by atoms with E-state index in [1.165, 1.54) is 0 Å². The number of unbranched alkanes of at least 4 members (excludes halogenated alkanes) is 3. The molecule has 150 valence electrons. The molecule has 0 aliphatic carbocycles. The first-order valence-corrected chi connectivity index (χ1v) is 9.68. The molecule has 26 heavy (non-hydrogen) atoms. The summed E-state index contributed by atoms with van der Waals surface area (Å²) >= 11 is 0. The summed E-state index contributed by atoms with van der Waals surface area (Å²) in [7, 11) is 0. The Bertz CT molecular complexity index is 448. The third-order valence-corrected chi connectivity index (χ3v) is 4.56. The van der Waals surface area contributed by atoms with Gasteiger partial charge >= 0.3 is 5.97 Å². The van der Waals surface area contributed by atoms with Gasteiger partial charge in [0.25, 0.3) is 0 Å². The number of carboxylic acid groups (broad SMARTS) is 1. The summed E-state index contributed by atoms with van der Waals surface area (Å²) < 4.78 is 5.73. The summed E-state index contributed by atoms with van der Waals surface area (Å²) in [4.78, 5) is 10.4. The number of ether oxygens (including phenoxy) is 1. The average Bonchev–Trinajstić information content (AvgIpc) is 2.97. The van der Waals surface area contributed by atoms with Crippen LogP contribution in [0.15, 0.2) is 24.3 Å². The van der Waals surface area contributed by atoms with Crippen molar-refractivity contribution in [3.63, 3.8) is 0 Å². The van der Waals surface area contributed by atoms with Gasteiger partial charge in [-0.3, -0.25) is 4.79 Å². The van der Waals surface area contributed by atoms with Gasteiger partial charge in [-0.1, -0.05) is 50.5 Å². The van der Waals surface area contributed by atoms with Crippen molar-refractivity contribution in [3.05, 3.63) is 24.3 Å². The summed E-state index contributed by atoms with van der Waals surface area (Å²) in [5.41, 5.74) is 0. The molecule has 1 fully saturated rings. The number of aliphatic hydroxyl groups is 3. The first-order chi connectivity index (χ1) is 12.4. The lowest BCUT2D eigenvalue weighted by atomic mass is 10.0. The highest BCUT2D eigenvalue weighted by Crippen LogP contribution is 2.26. The Hall–Kier alpha value is -1.21. The van der Waals surface area contributed by atoms with Gasteiger partial charge in [0.2, 0.25) is 0 Å². The maximum Gasteiger partial charge on any atom is 0.303 e. The molecule has 0 aromatic rings. The van der Waals surface area contributed by atoms with Crippen molar-refractivity contribution in [1.82, 2.24) is 0 Å². The number of carbonyl (C=O) groups is 1. The van der Waals surface area contributed by atoms with E-state index in [-0.39, 0.29) is 12.5 Å². The van der Waals surface area contributed by atoms with E-state index < -0.39 is 30.4 Å². The Morgan fingerprint density at radius 3 is 2.65 bits per heavy atom. The molecule has 1 rings (SSSR count). The van der Waals surface area contributed by atoms with Crippen LogP contribution in [0.25, 0.3) is 0 Å². The van der Waals surface area contributed by atoms with E-state index in [0.717, 1.165) is 19.3 Å². The van der Waals surface area contributed by atoms with Gasteiger partial charge < -0.3 is 25.2 Å². The normalized spacial score (nSPS) is 25.9. The quantitative estimate of drug-likeness (QED) is 0.293. The van der Waals surface area contributed by atoms with Crippen LogP contribution in [0, 0.1) is 0 Å². The van der Waals surface area contributed by atoms with Crippen LogP contribution in [0.3, 0.4) is 0 Å². The molecule has 6 nitrogen and oxygen atoms in total. The standard InChI is InChI=1S/C20H34O6/c1-2-3-6-9-15(21)12-13-16(22)19-14-17(23)18(26-19)10-7-4-5-8-11-20(24)25/h4,7,12-13,15-19,21-23H,2-3,5-6,8-11,14H2,1H3,(H,24,25)/b7-4-,13-12+/t15-,16+,17-,18-,19+/m0/s1. The highest BCUT2D eigenvalue weighted by Gasteiger charge is 2.36.